The number of carboxylic acid groups (broad SMARTS) is 3. The van der Waals surface area contributed by atoms with Crippen molar-refractivity contribution in [3.63, 3.8) is 0 Å². The molecule has 0 aliphatic rings. The number of rotatable bonds is 54. The Hall–Kier alpha value is -1.84. The molecule has 0 heterocycles. The summed E-state index contributed by atoms with van der Waals surface area (Å²) in [6.07, 6.45) is 41.8. The van der Waals surface area contributed by atoms with Gasteiger partial charge in [-0.2, -0.15) is 0 Å². The number of hydrogen-bond acceptors (Lipinski definition) is 6. The molecule has 0 fully saturated rings. The van der Waals surface area contributed by atoms with Crippen LogP contribution in [0.2, 0.25) is 0 Å². The minimum atomic E-state index is -0.943. The quantitative estimate of drug-likeness (QED) is 0.0442. The molecule has 0 aliphatic heterocycles. The second-order valence-corrected chi connectivity index (χ2v) is 33.8. The number of aliphatic carboxylic acids is 3. The minimum absolute atomic E-state index is 0. The third-order valence-corrected chi connectivity index (χ3v) is 19.1. The first-order valence-corrected chi connectivity index (χ1v) is 38.8. The van der Waals surface area contributed by atoms with Crippen LogP contribution in [0.1, 0.15) is 397 Å². The molecule has 0 spiro atoms. The third kappa shape index (κ3) is 61.5. The molecule has 0 radical (unpaired) electrons. The van der Waals surface area contributed by atoms with Gasteiger partial charge in [0.1, 0.15) is 0 Å². The van der Waals surface area contributed by atoms with E-state index in [2.05, 4.69) is 166 Å². The third-order valence-electron chi connectivity index (χ3n) is 19.1. The summed E-state index contributed by atoms with van der Waals surface area (Å²) < 4.78 is 0. The molecule has 0 saturated carbocycles. The Morgan fingerprint density at radius 3 is 0.505 bits per heavy atom. The van der Waals surface area contributed by atoms with Crippen molar-refractivity contribution < 1.29 is 29.7 Å². The van der Waals surface area contributed by atoms with Gasteiger partial charge in [0, 0.05) is 0 Å². The van der Waals surface area contributed by atoms with E-state index in [9.17, 15) is 29.7 Å². The van der Waals surface area contributed by atoms with Gasteiger partial charge in [0.05, 0.1) is 17.9 Å². The van der Waals surface area contributed by atoms with E-state index < -0.39 is 17.9 Å². The van der Waals surface area contributed by atoms with Crippen LogP contribution >= 0.6 is 0 Å². The molecule has 0 aromatic rings. The molecule has 91 heavy (non-hydrogen) atoms. The van der Waals surface area contributed by atoms with Crippen LogP contribution in [0.4, 0.5) is 0 Å². The second kappa shape index (κ2) is 59.4. The van der Waals surface area contributed by atoms with E-state index in [1.165, 1.54) is 135 Å². The fourth-order valence-corrected chi connectivity index (χ4v) is 12.9. The normalized spacial score (nSPS) is 14.9. The predicted molar refractivity (Wildman–Crippen MR) is 397 cm³/mol. The molecule has 6 atom stereocenters. The van der Waals surface area contributed by atoms with E-state index in [1.54, 1.807) is 0 Å². The Labute approximate surface area is 581 Å². The molecule has 7 heteroatoms. The van der Waals surface area contributed by atoms with Gasteiger partial charge in [0.2, 0.25) is 0 Å². The summed E-state index contributed by atoms with van der Waals surface area (Å²) in [5.74, 6) is 7.27. The zero-order valence-electron chi connectivity index (χ0n) is 65.6. The molecule has 0 amide bonds. The molecule has 0 N–H and O–H groups in total. The Morgan fingerprint density at radius 2 is 0.363 bits per heavy atom. The van der Waals surface area contributed by atoms with Crippen LogP contribution in [0, 0.1) is 88.8 Å². The van der Waals surface area contributed by atoms with Crippen LogP contribution in [-0.4, -0.2) is 35.3 Å². The van der Waals surface area contributed by atoms with Crippen LogP contribution in [-0.2, 0) is 14.4 Å². The van der Waals surface area contributed by atoms with Gasteiger partial charge in [-0.25, -0.2) is 0 Å². The molecule has 6 unspecified atom stereocenters. The van der Waals surface area contributed by atoms with Crippen LogP contribution in [0.5, 0.6) is 0 Å². The van der Waals surface area contributed by atoms with Crippen molar-refractivity contribution in [3.8, 4) is 0 Å². The summed E-state index contributed by atoms with van der Waals surface area (Å²) >= 11 is 0. The van der Waals surface area contributed by atoms with Crippen molar-refractivity contribution in [1.29, 1.82) is 0 Å². The number of carbonyl (C=O) groups is 3. The van der Waals surface area contributed by atoms with E-state index in [-0.39, 0.29) is 17.4 Å². The Bertz CT molecular complexity index is 1640. The van der Waals surface area contributed by atoms with Crippen LogP contribution in [0.25, 0.3) is 0 Å². The van der Waals surface area contributed by atoms with Gasteiger partial charge in [0.25, 0.3) is 0 Å². The summed E-state index contributed by atoms with van der Waals surface area (Å²) in [5, 5.41) is 35.3. The number of allylic oxidation sites excluding steroid dienone is 3. The first kappa shape index (κ1) is 95.6. The monoisotopic (exact) mass is 1290 g/mol. The van der Waals surface area contributed by atoms with Crippen LogP contribution in [0.3, 0.4) is 0 Å². The molecule has 0 bridgehead atoms. The summed E-state index contributed by atoms with van der Waals surface area (Å²) in [7, 11) is 0. The van der Waals surface area contributed by atoms with Gasteiger partial charge in [-0.05, 0) is 202 Å². The zero-order valence-corrected chi connectivity index (χ0v) is 66.8. The molecule has 0 aliphatic carbocycles. The molecular formula is C84H159AlO6. The summed E-state index contributed by atoms with van der Waals surface area (Å²) in [6, 6.07) is 0. The van der Waals surface area contributed by atoms with E-state index in [1.807, 2.05) is 0 Å². The minimum Gasteiger partial charge on any atom is -0.545 e. The molecule has 534 valence electrons. The fraction of sp³-hybridized carbons (Fsp3) is 0.893. The maximum Gasteiger partial charge on any atom is 3.00 e. The Balaban J connectivity index is -0.000000620. The summed E-state index contributed by atoms with van der Waals surface area (Å²) in [6.45, 7) is 54.1. The van der Waals surface area contributed by atoms with Gasteiger partial charge in [-0.3, -0.25) is 0 Å². The molecule has 0 rings (SSSR count). The number of hydrogen-bond donors (Lipinski definition) is 0. The topological polar surface area (TPSA) is 120 Å². The van der Waals surface area contributed by atoms with E-state index in [0.29, 0.717) is 71.5 Å². The molecule has 6 nitrogen and oxygen atoms in total. The second-order valence-electron chi connectivity index (χ2n) is 33.8. The van der Waals surface area contributed by atoms with E-state index in [4.69, 9.17) is 0 Å². The van der Waals surface area contributed by atoms with Crippen molar-refractivity contribution in [2.45, 2.75) is 397 Å². The number of carbonyl (C=O) groups excluding carboxylic acids is 3. The average Bonchev–Trinajstić information content (AvgIpc) is 1.62. The molecule has 0 saturated heterocycles. The molecule has 0 aromatic heterocycles. The predicted octanol–water partition coefficient (Wildman–Crippen LogP) is 23.5. The van der Waals surface area contributed by atoms with Gasteiger partial charge in [0.15, 0.2) is 0 Å². The maximum atomic E-state index is 11.8. The van der Waals surface area contributed by atoms with Gasteiger partial charge < -0.3 is 29.7 Å². The first-order chi connectivity index (χ1) is 42.1. The van der Waals surface area contributed by atoms with Crippen LogP contribution in [0.15, 0.2) is 33.4 Å². The van der Waals surface area contributed by atoms with Crippen molar-refractivity contribution in [2.75, 3.05) is 0 Å². The maximum absolute atomic E-state index is 11.8. The van der Waals surface area contributed by atoms with Crippen molar-refractivity contribution in [3.05, 3.63) is 33.4 Å². The standard InChI is InChI=1S/3C28H54O2.Al/c3*1-21(2)12-9-13-24(7)14-10-15-25(8)16-11-17-26(19-18-22(3)4)27(28(29)30)20-23(5)6;/h3*21-25H,9-20H2,1-8H3,(H,29,30);/q;;;+3/p-3. The van der Waals surface area contributed by atoms with E-state index >= 15 is 0 Å². The van der Waals surface area contributed by atoms with E-state index in [0.717, 1.165) is 147 Å². The van der Waals surface area contributed by atoms with Crippen molar-refractivity contribution in [2.24, 2.45) is 88.8 Å². The smallest absolute Gasteiger partial charge is 0.545 e. The molecule has 0 aromatic carbocycles. The van der Waals surface area contributed by atoms with Gasteiger partial charge >= 0.3 is 17.4 Å². The zero-order chi connectivity index (χ0) is 69.3. The molecular weight excluding hydrogens is 1130 g/mol. The van der Waals surface area contributed by atoms with Crippen molar-refractivity contribution >= 4 is 35.3 Å². The van der Waals surface area contributed by atoms with Gasteiger partial charge in [-0.15, -0.1) is 0 Å². The first-order valence-electron chi connectivity index (χ1n) is 38.8. The fourth-order valence-electron chi connectivity index (χ4n) is 12.9. The van der Waals surface area contributed by atoms with Crippen LogP contribution < -0.4 is 15.3 Å². The van der Waals surface area contributed by atoms with Crippen molar-refractivity contribution in [1.82, 2.24) is 0 Å². The average molecular weight is 1290 g/mol. The number of carboxylic acids is 3. The SMILES string of the molecule is CC(C)CCCC(C)CCCC(C)CCCC(CCC(C)C)=C(CC(C)C)C(=O)[O-].CC(C)CCCC(C)CCCC(C)CCCC(CCC(C)C)=C(CC(C)C)C(=O)[O-].CC(C)CCCC(C)CCCC(C)CCCC(CCC(C)C)=C(CC(C)C)C(=O)[O-].[Al+3]. The summed E-state index contributed by atoms with van der Waals surface area (Å²) in [5.41, 5.74) is 5.24. The Morgan fingerprint density at radius 1 is 0.209 bits per heavy atom. The van der Waals surface area contributed by atoms with Gasteiger partial charge in [-0.1, -0.05) is 318 Å². The Kier molecular flexibility index (Phi) is 62.4. The summed E-state index contributed by atoms with van der Waals surface area (Å²) in [4.78, 5) is 35.3. The largest absolute Gasteiger partial charge is 3.00 e.